The van der Waals surface area contributed by atoms with E-state index in [9.17, 15) is 34.8 Å². The summed E-state index contributed by atoms with van der Waals surface area (Å²) in [7, 11) is 2.92. The van der Waals surface area contributed by atoms with Gasteiger partial charge in [-0.25, -0.2) is 0 Å². The highest BCUT2D eigenvalue weighted by Gasteiger charge is 2.59. The number of hydrogen-bond acceptors (Lipinski definition) is 10. The number of aliphatic hydroxyl groups excluding tert-OH is 2. The van der Waals surface area contributed by atoms with Gasteiger partial charge in [-0.1, -0.05) is 11.2 Å². The Balaban J connectivity index is 1.68. The van der Waals surface area contributed by atoms with E-state index in [1.54, 1.807) is 24.3 Å². The number of primary amides is 1. The van der Waals surface area contributed by atoms with Gasteiger partial charge in [-0.05, 0) is 59.7 Å². The Morgan fingerprint density at radius 1 is 1.10 bits per heavy atom. The predicted molar refractivity (Wildman–Crippen MR) is 137 cm³/mol. The number of fused-ring (bicyclic) bond motifs is 3. The molecule has 1 amide bonds. The van der Waals surface area contributed by atoms with E-state index in [0.29, 0.717) is 28.0 Å². The monoisotopic (exact) mass is 534 g/mol. The summed E-state index contributed by atoms with van der Waals surface area (Å²) in [5.41, 5.74) is 3.91. The zero-order valence-electron chi connectivity index (χ0n) is 21.1. The van der Waals surface area contributed by atoms with E-state index >= 15 is 0 Å². The smallest absolute Gasteiger partial charge is 0.255 e. The average Bonchev–Trinajstić information content (AvgIpc) is 2.89. The molecule has 0 heterocycles. The number of hydrogen-bond donors (Lipinski definition) is 5. The number of oxime groups is 1. The maximum absolute atomic E-state index is 13.8. The molecule has 2 aromatic carbocycles. The van der Waals surface area contributed by atoms with Crippen LogP contribution in [0.1, 0.15) is 34.3 Å². The molecule has 3 aliphatic rings. The van der Waals surface area contributed by atoms with E-state index in [1.165, 1.54) is 26.5 Å². The van der Waals surface area contributed by atoms with Crippen LogP contribution in [0.5, 0.6) is 11.5 Å². The summed E-state index contributed by atoms with van der Waals surface area (Å²) in [5.74, 6) is -6.24. The number of methoxy groups -OCH3 is 1. The maximum Gasteiger partial charge on any atom is 0.255 e. The van der Waals surface area contributed by atoms with Crippen LogP contribution in [0.2, 0.25) is 0 Å². The van der Waals surface area contributed by atoms with Crippen LogP contribution in [0, 0.1) is 11.8 Å². The number of phenolic OH excluding ortho intramolecular Hbond substituents is 1. The minimum absolute atomic E-state index is 0.0374. The van der Waals surface area contributed by atoms with E-state index in [1.807, 2.05) is 0 Å². The van der Waals surface area contributed by atoms with Crippen molar-refractivity contribution in [3.63, 3.8) is 0 Å². The minimum Gasteiger partial charge on any atom is -0.511 e. The number of allylic oxidation sites excluding steroid dienone is 2. The van der Waals surface area contributed by atoms with Gasteiger partial charge in [0, 0.05) is 23.5 Å². The van der Waals surface area contributed by atoms with Gasteiger partial charge in [0.05, 0.1) is 18.9 Å². The molecular weight excluding hydrogens is 508 g/mol. The lowest BCUT2D eigenvalue weighted by Gasteiger charge is -2.45. The van der Waals surface area contributed by atoms with Crippen molar-refractivity contribution in [2.24, 2.45) is 22.7 Å². The number of Topliss-reactive ketones (excluding diaryl/α,β-unsaturated/α-hetero) is 2. The second kappa shape index (κ2) is 9.28. The van der Waals surface area contributed by atoms with E-state index in [0.717, 1.165) is 0 Å². The molecule has 0 aliphatic heterocycles. The fourth-order valence-electron chi connectivity index (χ4n) is 6.00. The Morgan fingerprint density at radius 3 is 2.51 bits per heavy atom. The number of ether oxygens (including phenoxy) is 1. The molecule has 0 radical (unpaired) electrons. The highest BCUT2D eigenvalue weighted by atomic mass is 16.6. The van der Waals surface area contributed by atoms with Gasteiger partial charge < -0.3 is 35.7 Å². The van der Waals surface area contributed by atoms with Crippen molar-refractivity contribution in [1.29, 1.82) is 0 Å². The topological polar surface area (TPSA) is 189 Å². The van der Waals surface area contributed by atoms with Crippen LogP contribution >= 0.6 is 0 Å². The average molecular weight is 535 g/mol. The van der Waals surface area contributed by atoms with Gasteiger partial charge in [0.15, 0.2) is 11.4 Å². The second-order valence-corrected chi connectivity index (χ2v) is 9.77. The molecule has 39 heavy (non-hydrogen) atoms. The van der Waals surface area contributed by atoms with Gasteiger partial charge in [-0.3, -0.25) is 14.4 Å². The molecule has 0 saturated carbocycles. The first-order valence-corrected chi connectivity index (χ1v) is 12.1. The summed E-state index contributed by atoms with van der Waals surface area (Å²) in [6.07, 6.45) is 1.41. The molecule has 3 atom stereocenters. The van der Waals surface area contributed by atoms with Crippen LogP contribution in [0.3, 0.4) is 0 Å². The van der Waals surface area contributed by atoms with Crippen molar-refractivity contribution in [3.05, 3.63) is 69.7 Å². The Kier molecular flexibility index (Phi) is 6.18. The van der Waals surface area contributed by atoms with Crippen LogP contribution < -0.4 is 10.5 Å². The molecule has 6 N–H and O–H groups in total. The maximum atomic E-state index is 13.8. The number of rotatable bonds is 5. The van der Waals surface area contributed by atoms with Crippen LogP contribution in [0.4, 0.5) is 0 Å². The van der Waals surface area contributed by atoms with Crippen molar-refractivity contribution in [2.75, 3.05) is 14.2 Å². The number of phenols is 1. The zero-order chi connectivity index (χ0) is 28.2. The molecule has 5 rings (SSSR count). The first-order chi connectivity index (χ1) is 18.5. The molecule has 1 unspecified atom stereocenters. The summed E-state index contributed by atoms with van der Waals surface area (Å²) in [5, 5.41) is 47.4. The number of amides is 1. The van der Waals surface area contributed by atoms with Gasteiger partial charge in [0.25, 0.3) is 5.91 Å². The van der Waals surface area contributed by atoms with Crippen LogP contribution in [0.15, 0.2) is 58.2 Å². The minimum atomic E-state index is -2.61. The normalized spacial score (nSPS) is 24.4. The van der Waals surface area contributed by atoms with Gasteiger partial charge in [-0.15, -0.1) is 0 Å². The summed E-state index contributed by atoms with van der Waals surface area (Å²) in [4.78, 5) is 43.5. The molecule has 0 saturated heterocycles. The lowest BCUT2D eigenvalue weighted by atomic mass is 9.60. The standard InChI is InChI=1S/C28H26N2O9/c1-38-20-6-3-12(11-30-39-2)7-16(20)15-4-5-18(31)22-17(15)9-13-8-14-10-19(32)23(27(29)36)26(35)28(14,37)25(34)21(13)24(22)33/h3-7,11,13-14,31-32,34,37H,8-10H2,1-2H3,(H2,29,36)/b30-11+/t13?,14-,28-/m0/s1. The number of carbonyl (C=O) groups excluding carboxylic acids is 3. The van der Waals surface area contributed by atoms with Crippen molar-refractivity contribution < 1.29 is 44.4 Å². The van der Waals surface area contributed by atoms with Gasteiger partial charge in [-0.2, -0.15) is 0 Å². The van der Waals surface area contributed by atoms with E-state index in [-0.39, 0.29) is 36.1 Å². The van der Waals surface area contributed by atoms with Crippen LogP contribution in [0.25, 0.3) is 11.1 Å². The Morgan fingerprint density at radius 2 is 1.85 bits per heavy atom. The van der Waals surface area contributed by atoms with Crippen molar-refractivity contribution >= 4 is 23.7 Å². The van der Waals surface area contributed by atoms with Gasteiger partial charge >= 0.3 is 0 Å². The molecule has 0 aromatic heterocycles. The number of aromatic hydroxyl groups is 1. The first-order valence-electron chi connectivity index (χ1n) is 12.1. The van der Waals surface area contributed by atoms with E-state index in [4.69, 9.17) is 15.3 Å². The summed E-state index contributed by atoms with van der Waals surface area (Å²) < 4.78 is 5.55. The molecule has 3 aliphatic carbocycles. The van der Waals surface area contributed by atoms with Crippen molar-refractivity contribution in [2.45, 2.75) is 24.9 Å². The first kappa shape index (κ1) is 26.0. The molecule has 0 bridgehead atoms. The molecule has 11 heteroatoms. The third kappa shape index (κ3) is 3.76. The highest BCUT2D eigenvalue weighted by molar-refractivity contribution is 6.24. The quantitative estimate of drug-likeness (QED) is 0.218. The molecular formula is C28H26N2O9. The largest absolute Gasteiger partial charge is 0.511 e. The summed E-state index contributed by atoms with van der Waals surface area (Å²) >= 11 is 0. The number of nitrogens with zero attached hydrogens (tertiary/aromatic N) is 1. The van der Waals surface area contributed by atoms with Gasteiger partial charge in [0.2, 0.25) is 5.78 Å². The lowest BCUT2D eigenvalue weighted by Crippen LogP contribution is -2.57. The molecule has 202 valence electrons. The summed E-state index contributed by atoms with van der Waals surface area (Å²) in [6, 6.07) is 8.28. The second-order valence-electron chi connectivity index (χ2n) is 9.77. The van der Waals surface area contributed by atoms with Crippen molar-refractivity contribution in [3.8, 4) is 22.6 Å². The molecule has 11 nitrogen and oxygen atoms in total. The van der Waals surface area contributed by atoms with Crippen LogP contribution in [-0.4, -0.2) is 63.9 Å². The van der Waals surface area contributed by atoms with E-state index in [2.05, 4.69) is 5.16 Å². The molecule has 0 fully saturated rings. The third-order valence-electron chi connectivity index (χ3n) is 7.77. The van der Waals surface area contributed by atoms with Crippen LogP contribution in [-0.2, 0) is 20.8 Å². The Hall–Kier alpha value is -4.64. The fourth-order valence-corrected chi connectivity index (χ4v) is 6.00. The molecule has 2 aromatic rings. The molecule has 0 spiro atoms. The van der Waals surface area contributed by atoms with Gasteiger partial charge in [0.1, 0.15) is 35.7 Å². The number of ketones is 2. The van der Waals surface area contributed by atoms with E-state index < -0.39 is 52.0 Å². The number of nitrogens with two attached hydrogens (primary N) is 1. The predicted octanol–water partition coefficient (Wildman–Crippen LogP) is 2.24. The zero-order valence-corrected chi connectivity index (χ0v) is 21.1. The Labute approximate surface area is 222 Å². The number of aliphatic hydroxyl groups is 3. The van der Waals surface area contributed by atoms with Crippen molar-refractivity contribution in [1.82, 2.24) is 0 Å². The lowest BCUT2D eigenvalue weighted by molar-refractivity contribution is -0.144. The SMILES string of the molecule is CO/N=C/c1ccc(OC)c(-c2ccc(O)c3c2CC2C[C@H]4CC(O)=C(C(N)=O)C(=O)[C@@]4(O)C(O)=C2C3=O)c1. The number of benzene rings is 2. The fraction of sp³-hybridized carbons (Fsp3) is 0.286. The Bertz CT molecular complexity index is 1540. The summed E-state index contributed by atoms with van der Waals surface area (Å²) in [6.45, 7) is 0. The third-order valence-corrected chi connectivity index (χ3v) is 7.77. The highest BCUT2D eigenvalue weighted by Crippen LogP contribution is 2.52. The number of carbonyl (C=O) groups is 3.